The smallest absolute Gasteiger partial charge is 0.165 e. The molecular formula is C11H15FO. The van der Waals surface area contributed by atoms with Crippen LogP contribution in [0.15, 0.2) is 12.1 Å². The number of benzene rings is 1. The van der Waals surface area contributed by atoms with Crippen LogP contribution in [0.2, 0.25) is 0 Å². The zero-order chi connectivity index (χ0) is 9.84. The molecule has 0 saturated carbocycles. The quantitative estimate of drug-likeness (QED) is 0.761. The topological polar surface area (TPSA) is 20.2 Å². The Bertz CT molecular complexity index is 294. The van der Waals surface area contributed by atoms with Gasteiger partial charge in [-0.25, -0.2) is 4.39 Å². The Morgan fingerprint density at radius 2 is 2.08 bits per heavy atom. The molecular weight excluding hydrogens is 167 g/mol. The van der Waals surface area contributed by atoms with E-state index in [4.69, 9.17) is 5.11 Å². The number of phenolic OH excluding ortho intramolecular Hbond substituents is 1. The Hall–Kier alpha value is -1.05. The van der Waals surface area contributed by atoms with E-state index in [9.17, 15) is 4.39 Å². The monoisotopic (exact) mass is 182 g/mol. The summed E-state index contributed by atoms with van der Waals surface area (Å²) in [6.45, 7) is 3.98. The van der Waals surface area contributed by atoms with Gasteiger partial charge in [-0.2, -0.15) is 0 Å². The van der Waals surface area contributed by atoms with Crippen LogP contribution in [-0.4, -0.2) is 5.11 Å². The summed E-state index contributed by atoms with van der Waals surface area (Å²) in [6.07, 6.45) is 3.10. The summed E-state index contributed by atoms with van der Waals surface area (Å²) in [5, 5.41) is 9.15. The van der Waals surface area contributed by atoms with Crippen LogP contribution in [0.3, 0.4) is 0 Å². The van der Waals surface area contributed by atoms with Crippen molar-refractivity contribution in [1.29, 1.82) is 0 Å². The Balaban J connectivity index is 2.88. The van der Waals surface area contributed by atoms with Crippen molar-refractivity contribution < 1.29 is 9.50 Å². The standard InChI is InChI=1S/C11H15FO/c1-3-4-5-9-7-11(13)10(12)6-8(9)2/h6-7,13H,3-5H2,1-2H3. The Morgan fingerprint density at radius 1 is 1.38 bits per heavy atom. The molecule has 0 bridgehead atoms. The Labute approximate surface area is 78.2 Å². The number of halogens is 1. The van der Waals surface area contributed by atoms with E-state index >= 15 is 0 Å². The molecule has 0 aromatic heterocycles. The summed E-state index contributed by atoms with van der Waals surface area (Å²) >= 11 is 0. The molecule has 0 atom stereocenters. The highest BCUT2D eigenvalue weighted by atomic mass is 19.1. The van der Waals surface area contributed by atoms with Crippen molar-refractivity contribution in [2.24, 2.45) is 0 Å². The van der Waals surface area contributed by atoms with Crippen molar-refractivity contribution in [3.05, 3.63) is 29.1 Å². The van der Waals surface area contributed by atoms with Gasteiger partial charge < -0.3 is 5.11 Å². The largest absolute Gasteiger partial charge is 0.505 e. The minimum Gasteiger partial charge on any atom is -0.505 e. The van der Waals surface area contributed by atoms with Gasteiger partial charge >= 0.3 is 0 Å². The second kappa shape index (κ2) is 4.26. The van der Waals surface area contributed by atoms with Crippen LogP contribution in [-0.2, 0) is 6.42 Å². The van der Waals surface area contributed by atoms with E-state index in [-0.39, 0.29) is 5.75 Å². The molecule has 0 saturated heterocycles. The molecule has 72 valence electrons. The average Bonchev–Trinajstić information content (AvgIpc) is 2.09. The van der Waals surface area contributed by atoms with Crippen molar-refractivity contribution in [2.75, 3.05) is 0 Å². The highest BCUT2D eigenvalue weighted by Crippen LogP contribution is 2.21. The SMILES string of the molecule is CCCCc1cc(O)c(F)cc1C. The molecule has 0 aliphatic carbocycles. The van der Waals surface area contributed by atoms with E-state index in [1.165, 1.54) is 12.1 Å². The minimum atomic E-state index is -0.530. The minimum absolute atomic E-state index is 0.239. The molecule has 13 heavy (non-hydrogen) atoms. The van der Waals surface area contributed by atoms with Crippen LogP contribution in [0.25, 0.3) is 0 Å². The number of hydrogen-bond donors (Lipinski definition) is 1. The molecule has 0 aliphatic rings. The van der Waals surface area contributed by atoms with Gasteiger partial charge in [-0.15, -0.1) is 0 Å². The van der Waals surface area contributed by atoms with Gasteiger partial charge in [0, 0.05) is 0 Å². The van der Waals surface area contributed by atoms with Gasteiger partial charge in [-0.1, -0.05) is 13.3 Å². The highest BCUT2D eigenvalue weighted by molar-refractivity contribution is 5.35. The third-order valence-corrected chi connectivity index (χ3v) is 2.21. The highest BCUT2D eigenvalue weighted by Gasteiger charge is 2.05. The molecule has 0 radical (unpaired) electrons. The van der Waals surface area contributed by atoms with Crippen molar-refractivity contribution >= 4 is 0 Å². The zero-order valence-corrected chi connectivity index (χ0v) is 8.10. The maximum atomic E-state index is 12.8. The molecule has 1 rings (SSSR count). The van der Waals surface area contributed by atoms with E-state index < -0.39 is 5.82 Å². The predicted molar refractivity (Wildman–Crippen MR) is 51.4 cm³/mol. The van der Waals surface area contributed by atoms with Gasteiger partial charge in [-0.05, 0) is 43.0 Å². The van der Waals surface area contributed by atoms with Crippen LogP contribution < -0.4 is 0 Å². The summed E-state index contributed by atoms with van der Waals surface area (Å²) in [6, 6.07) is 2.92. The molecule has 1 aromatic rings. The van der Waals surface area contributed by atoms with Crippen molar-refractivity contribution in [1.82, 2.24) is 0 Å². The third-order valence-electron chi connectivity index (χ3n) is 2.21. The van der Waals surface area contributed by atoms with Crippen LogP contribution in [0.5, 0.6) is 5.75 Å². The first-order valence-corrected chi connectivity index (χ1v) is 4.63. The molecule has 0 unspecified atom stereocenters. The van der Waals surface area contributed by atoms with E-state index in [0.717, 1.165) is 30.4 Å². The third kappa shape index (κ3) is 2.44. The van der Waals surface area contributed by atoms with Crippen LogP contribution in [0.4, 0.5) is 4.39 Å². The molecule has 1 nitrogen and oxygen atoms in total. The van der Waals surface area contributed by atoms with Crippen LogP contribution >= 0.6 is 0 Å². The van der Waals surface area contributed by atoms with E-state index in [1.807, 2.05) is 6.92 Å². The fourth-order valence-corrected chi connectivity index (χ4v) is 1.34. The van der Waals surface area contributed by atoms with Crippen molar-refractivity contribution in [3.63, 3.8) is 0 Å². The van der Waals surface area contributed by atoms with Gasteiger partial charge in [0.1, 0.15) is 0 Å². The number of aromatic hydroxyl groups is 1. The molecule has 0 fully saturated rings. The molecule has 1 aromatic carbocycles. The van der Waals surface area contributed by atoms with E-state index in [0.29, 0.717) is 0 Å². The normalized spacial score (nSPS) is 10.4. The number of phenols is 1. The fraction of sp³-hybridized carbons (Fsp3) is 0.455. The second-order valence-electron chi connectivity index (χ2n) is 3.33. The van der Waals surface area contributed by atoms with Crippen LogP contribution in [0, 0.1) is 12.7 Å². The molecule has 0 heterocycles. The first kappa shape index (κ1) is 10.0. The van der Waals surface area contributed by atoms with Crippen molar-refractivity contribution in [3.8, 4) is 5.75 Å². The van der Waals surface area contributed by atoms with Gasteiger partial charge in [0.05, 0.1) is 0 Å². The molecule has 0 aliphatic heterocycles. The maximum absolute atomic E-state index is 12.8. The molecule has 2 heteroatoms. The maximum Gasteiger partial charge on any atom is 0.165 e. The summed E-state index contributed by atoms with van der Waals surface area (Å²) in [5.41, 5.74) is 1.96. The Morgan fingerprint density at radius 3 is 2.69 bits per heavy atom. The first-order valence-electron chi connectivity index (χ1n) is 4.63. The van der Waals surface area contributed by atoms with Crippen molar-refractivity contribution in [2.45, 2.75) is 33.1 Å². The lowest BCUT2D eigenvalue weighted by Gasteiger charge is -2.06. The fourth-order valence-electron chi connectivity index (χ4n) is 1.34. The number of rotatable bonds is 3. The number of aryl methyl sites for hydroxylation is 2. The molecule has 0 amide bonds. The van der Waals surface area contributed by atoms with E-state index in [2.05, 4.69) is 6.92 Å². The lowest BCUT2D eigenvalue weighted by molar-refractivity contribution is 0.431. The summed E-state index contributed by atoms with van der Waals surface area (Å²) in [4.78, 5) is 0. The molecule has 0 spiro atoms. The summed E-state index contributed by atoms with van der Waals surface area (Å²) in [7, 11) is 0. The van der Waals surface area contributed by atoms with E-state index in [1.54, 1.807) is 0 Å². The van der Waals surface area contributed by atoms with Crippen LogP contribution in [0.1, 0.15) is 30.9 Å². The lowest BCUT2D eigenvalue weighted by Crippen LogP contribution is -1.91. The lowest BCUT2D eigenvalue weighted by atomic mass is 10.0. The number of unbranched alkanes of at least 4 members (excludes halogenated alkanes) is 1. The molecule has 1 N–H and O–H groups in total. The van der Waals surface area contributed by atoms with Gasteiger partial charge in [0.15, 0.2) is 11.6 Å². The number of hydrogen-bond acceptors (Lipinski definition) is 1. The summed E-state index contributed by atoms with van der Waals surface area (Å²) < 4.78 is 12.8. The second-order valence-corrected chi connectivity index (χ2v) is 3.33. The first-order chi connectivity index (χ1) is 6.15. The predicted octanol–water partition coefficient (Wildman–Crippen LogP) is 3.18. The summed E-state index contributed by atoms with van der Waals surface area (Å²) in [5.74, 6) is -0.769. The zero-order valence-electron chi connectivity index (χ0n) is 8.10. The Kier molecular flexibility index (Phi) is 3.29. The van der Waals surface area contributed by atoms with Gasteiger partial charge in [-0.3, -0.25) is 0 Å². The van der Waals surface area contributed by atoms with Gasteiger partial charge in [0.2, 0.25) is 0 Å². The van der Waals surface area contributed by atoms with Gasteiger partial charge in [0.25, 0.3) is 0 Å². The average molecular weight is 182 g/mol.